The molecule has 1 aliphatic rings. The molecule has 1 rings (SSSR count). The van der Waals surface area contributed by atoms with Crippen LogP contribution in [0.15, 0.2) is 0 Å². The highest BCUT2D eigenvalue weighted by Gasteiger charge is 2.21. The van der Waals surface area contributed by atoms with Gasteiger partial charge in [-0.15, -0.1) is 0 Å². The van der Waals surface area contributed by atoms with Gasteiger partial charge in [0.05, 0.1) is 0 Å². The molecule has 4 N–H and O–H groups in total. The van der Waals surface area contributed by atoms with Crippen LogP contribution in [-0.2, 0) is 4.79 Å². The second-order valence-electron chi connectivity index (χ2n) is 3.04. The summed E-state index contributed by atoms with van der Waals surface area (Å²) in [7, 11) is 0. The number of carboxylic acid groups (broad SMARTS) is 1. The minimum atomic E-state index is -0.892. The van der Waals surface area contributed by atoms with Crippen LogP contribution in [0.25, 0.3) is 0 Å². The first-order valence-electron chi connectivity index (χ1n) is 3.89. The average molecular weight is 158 g/mol. The number of aliphatic carboxylic acids is 1. The lowest BCUT2D eigenvalue weighted by atomic mass is 10.00. The van der Waals surface area contributed by atoms with E-state index < -0.39 is 12.0 Å². The van der Waals surface area contributed by atoms with Gasteiger partial charge in [0.25, 0.3) is 0 Å². The molecule has 1 heterocycles. The van der Waals surface area contributed by atoms with Crippen molar-refractivity contribution in [1.82, 2.24) is 5.32 Å². The van der Waals surface area contributed by atoms with E-state index in [-0.39, 0.29) is 0 Å². The van der Waals surface area contributed by atoms with Crippen molar-refractivity contribution in [2.75, 3.05) is 13.1 Å². The highest BCUT2D eigenvalue weighted by molar-refractivity contribution is 5.73. The van der Waals surface area contributed by atoms with Crippen molar-refractivity contribution in [2.45, 2.75) is 18.9 Å². The quantitative estimate of drug-likeness (QED) is 0.512. The van der Waals surface area contributed by atoms with E-state index in [0.29, 0.717) is 12.3 Å². The van der Waals surface area contributed by atoms with Gasteiger partial charge in [0, 0.05) is 0 Å². The molecular weight excluding hydrogens is 144 g/mol. The summed E-state index contributed by atoms with van der Waals surface area (Å²) in [5.74, 6) is -0.432. The van der Waals surface area contributed by atoms with Crippen molar-refractivity contribution in [2.24, 2.45) is 11.7 Å². The smallest absolute Gasteiger partial charge is 0.320 e. The van der Waals surface area contributed by atoms with Gasteiger partial charge in [-0.25, -0.2) is 0 Å². The molecule has 1 unspecified atom stereocenters. The van der Waals surface area contributed by atoms with Crippen LogP contribution in [0.2, 0.25) is 0 Å². The first-order chi connectivity index (χ1) is 5.20. The van der Waals surface area contributed by atoms with Crippen LogP contribution in [0.1, 0.15) is 12.8 Å². The number of nitrogens with two attached hydrogens (primary N) is 1. The Morgan fingerprint density at radius 3 is 3.00 bits per heavy atom. The zero-order valence-electron chi connectivity index (χ0n) is 6.42. The topological polar surface area (TPSA) is 75.3 Å². The molecule has 2 atom stereocenters. The number of hydrogen-bond acceptors (Lipinski definition) is 3. The summed E-state index contributed by atoms with van der Waals surface area (Å²) in [5, 5.41) is 11.7. The molecule has 0 radical (unpaired) electrons. The first-order valence-corrected chi connectivity index (χ1v) is 3.89. The molecule has 0 aromatic heterocycles. The van der Waals surface area contributed by atoms with Gasteiger partial charge in [0.1, 0.15) is 6.04 Å². The lowest BCUT2D eigenvalue weighted by Crippen LogP contribution is -2.32. The molecule has 1 aliphatic heterocycles. The van der Waals surface area contributed by atoms with E-state index in [4.69, 9.17) is 10.8 Å². The molecule has 0 aromatic rings. The van der Waals surface area contributed by atoms with E-state index in [1.807, 2.05) is 0 Å². The molecule has 4 nitrogen and oxygen atoms in total. The molecule has 0 bridgehead atoms. The Labute approximate surface area is 65.8 Å². The van der Waals surface area contributed by atoms with Gasteiger partial charge in [-0.1, -0.05) is 0 Å². The maximum absolute atomic E-state index is 10.3. The first kappa shape index (κ1) is 8.49. The largest absolute Gasteiger partial charge is 0.480 e. The van der Waals surface area contributed by atoms with Crippen LogP contribution in [-0.4, -0.2) is 30.2 Å². The number of rotatable bonds is 3. The highest BCUT2D eigenvalue weighted by atomic mass is 16.4. The predicted molar refractivity (Wildman–Crippen MR) is 41.2 cm³/mol. The zero-order chi connectivity index (χ0) is 8.27. The van der Waals surface area contributed by atoms with Crippen LogP contribution in [0.3, 0.4) is 0 Å². The molecular formula is C7H14N2O2. The number of carbonyl (C=O) groups is 1. The Morgan fingerprint density at radius 1 is 1.82 bits per heavy atom. The summed E-state index contributed by atoms with van der Waals surface area (Å²) in [6.07, 6.45) is 1.66. The van der Waals surface area contributed by atoms with Gasteiger partial charge in [-0.3, -0.25) is 4.79 Å². The van der Waals surface area contributed by atoms with Crippen LogP contribution < -0.4 is 11.1 Å². The molecule has 0 saturated carbocycles. The Kier molecular flexibility index (Phi) is 2.84. The Bertz CT molecular complexity index is 143. The molecule has 1 saturated heterocycles. The van der Waals surface area contributed by atoms with Gasteiger partial charge in [-0.05, 0) is 31.8 Å². The number of hydrogen-bond donors (Lipinski definition) is 3. The fourth-order valence-corrected chi connectivity index (χ4v) is 1.38. The third-order valence-electron chi connectivity index (χ3n) is 2.07. The minimum Gasteiger partial charge on any atom is -0.480 e. The van der Waals surface area contributed by atoms with Gasteiger partial charge in [0.2, 0.25) is 0 Å². The lowest BCUT2D eigenvalue weighted by Gasteiger charge is -2.10. The predicted octanol–water partition coefficient (Wildman–Crippen LogP) is -0.602. The number of carboxylic acids is 1. The molecule has 11 heavy (non-hydrogen) atoms. The van der Waals surface area contributed by atoms with Crippen molar-refractivity contribution in [3.63, 3.8) is 0 Å². The van der Waals surface area contributed by atoms with Crippen molar-refractivity contribution in [1.29, 1.82) is 0 Å². The summed E-state index contributed by atoms with van der Waals surface area (Å²) in [6.45, 7) is 1.91. The third kappa shape index (κ3) is 2.48. The maximum atomic E-state index is 10.3. The number of nitrogens with one attached hydrogen (secondary N) is 1. The fraction of sp³-hybridized carbons (Fsp3) is 0.857. The van der Waals surface area contributed by atoms with E-state index in [2.05, 4.69) is 5.32 Å². The average Bonchev–Trinajstić information content (AvgIpc) is 2.39. The minimum absolute atomic E-state index is 0.459. The molecule has 64 valence electrons. The van der Waals surface area contributed by atoms with E-state index in [1.165, 1.54) is 0 Å². The van der Waals surface area contributed by atoms with Crippen molar-refractivity contribution < 1.29 is 9.90 Å². The molecule has 0 aliphatic carbocycles. The summed E-state index contributed by atoms with van der Waals surface area (Å²) in [6, 6.07) is -0.681. The standard InChI is InChI=1S/C7H14N2O2/c8-6(7(10)11)3-5-1-2-9-4-5/h5-6,9H,1-4,8H2,(H,10,11)/t5?,6-/m0/s1. The second-order valence-corrected chi connectivity index (χ2v) is 3.04. The summed E-state index contributed by atoms with van der Waals surface area (Å²) in [5.41, 5.74) is 5.37. The zero-order valence-corrected chi connectivity index (χ0v) is 6.42. The van der Waals surface area contributed by atoms with Gasteiger partial charge >= 0.3 is 5.97 Å². The van der Waals surface area contributed by atoms with Gasteiger partial charge in [0.15, 0.2) is 0 Å². The molecule has 0 aromatic carbocycles. The van der Waals surface area contributed by atoms with E-state index >= 15 is 0 Å². The van der Waals surface area contributed by atoms with Crippen LogP contribution >= 0.6 is 0 Å². The van der Waals surface area contributed by atoms with Crippen LogP contribution in [0, 0.1) is 5.92 Å². The summed E-state index contributed by atoms with van der Waals surface area (Å²) < 4.78 is 0. The van der Waals surface area contributed by atoms with E-state index in [1.54, 1.807) is 0 Å². The van der Waals surface area contributed by atoms with E-state index in [9.17, 15) is 4.79 Å². The lowest BCUT2D eigenvalue weighted by molar-refractivity contribution is -0.138. The Morgan fingerprint density at radius 2 is 2.55 bits per heavy atom. The van der Waals surface area contributed by atoms with Gasteiger partial charge < -0.3 is 16.2 Å². The summed E-state index contributed by atoms with van der Waals surface area (Å²) >= 11 is 0. The third-order valence-corrected chi connectivity index (χ3v) is 2.07. The monoisotopic (exact) mass is 158 g/mol. The maximum Gasteiger partial charge on any atom is 0.320 e. The van der Waals surface area contributed by atoms with Crippen molar-refractivity contribution >= 4 is 5.97 Å². The highest BCUT2D eigenvalue weighted by Crippen LogP contribution is 2.13. The molecule has 4 heteroatoms. The summed E-state index contributed by atoms with van der Waals surface area (Å²) in [4.78, 5) is 10.3. The van der Waals surface area contributed by atoms with Crippen LogP contribution in [0.4, 0.5) is 0 Å². The SMILES string of the molecule is N[C@@H](CC1CCNC1)C(=O)O. The molecule has 0 amide bonds. The second kappa shape index (κ2) is 3.69. The molecule has 0 spiro atoms. The normalized spacial score (nSPS) is 26.8. The Hall–Kier alpha value is -0.610. The Balaban J connectivity index is 2.23. The van der Waals surface area contributed by atoms with E-state index in [0.717, 1.165) is 19.5 Å². The van der Waals surface area contributed by atoms with Crippen molar-refractivity contribution in [3.8, 4) is 0 Å². The van der Waals surface area contributed by atoms with Gasteiger partial charge in [-0.2, -0.15) is 0 Å². The fourth-order valence-electron chi connectivity index (χ4n) is 1.38. The van der Waals surface area contributed by atoms with Crippen LogP contribution in [0.5, 0.6) is 0 Å². The van der Waals surface area contributed by atoms with Crippen molar-refractivity contribution in [3.05, 3.63) is 0 Å². The molecule has 1 fully saturated rings.